The van der Waals surface area contributed by atoms with E-state index in [0.717, 1.165) is 56.3 Å². The maximum absolute atomic E-state index is 12.7. The molecule has 1 amide bonds. The first-order chi connectivity index (χ1) is 12.1. The van der Waals surface area contributed by atoms with Crippen LogP contribution in [0.2, 0.25) is 0 Å². The van der Waals surface area contributed by atoms with E-state index in [9.17, 15) is 4.79 Å². The van der Waals surface area contributed by atoms with Crippen molar-refractivity contribution in [3.8, 4) is 0 Å². The Balaban J connectivity index is 1.33. The lowest BCUT2D eigenvalue weighted by Gasteiger charge is -2.58. The van der Waals surface area contributed by atoms with Crippen LogP contribution in [0, 0.1) is 18.8 Å². The molecule has 4 heteroatoms. The molecule has 1 aromatic rings. The van der Waals surface area contributed by atoms with E-state index in [2.05, 4.69) is 11.9 Å². The molecule has 2 saturated heterocycles. The Hall–Kier alpha value is -1.39. The third-order valence-corrected chi connectivity index (χ3v) is 6.28. The monoisotopic (exact) mass is 342 g/mol. The molecular formula is C21H30N2O2. The molecule has 1 spiro atoms. The van der Waals surface area contributed by atoms with Crippen LogP contribution in [0.3, 0.4) is 0 Å². The van der Waals surface area contributed by atoms with Crippen LogP contribution in [-0.2, 0) is 4.74 Å². The number of piperidine rings is 1. The Morgan fingerprint density at radius 1 is 1.20 bits per heavy atom. The van der Waals surface area contributed by atoms with E-state index in [4.69, 9.17) is 4.74 Å². The molecule has 1 aliphatic carbocycles. The molecule has 0 unspecified atom stereocenters. The third kappa shape index (κ3) is 3.61. The molecule has 3 aliphatic rings. The number of benzene rings is 1. The van der Waals surface area contributed by atoms with Crippen molar-refractivity contribution in [2.45, 2.75) is 38.1 Å². The molecule has 3 fully saturated rings. The van der Waals surface area contributed by atoms with Gasteiger partial charge in [0.1, 0.15) is 0 Å². The van der Waals surface area contributed by atoms with Crippen molar-refractivity contribution in [2.24, 2.45) is 11.8 Å². The highest BCUT2D eigenvalue weighted by Crippen LogP contribution is 2.39. The highest BCUT2D eigenvalue weighted by molar-refractivity contribution is 5.95. The molecule has 2 aliphatic heterocycles. The molecule has 1 saturated carbocycles. The molecule has 2 heterocycles. The largest absolute Gasteiger partial charge is 0.381 e. The maximum atomic E-state index is 12.7. The summed E-state index contributed by atoms with van der Waals surface area (Å²) in [6.45, 7) is 6.72. The van der Waals surface area contributed by atoms with Gasteiger partial charge in [0, 0.05) is 31.9 Å². The quantitative estimate of drug-likeness (QED) is 0.825. The van der Waals surface area contributed by atoms with Gasteiger partial charge in [-0.05, 0) is 70.2 Å². The van der Waals surface area contributed by atoms with Crippen LogP contribution in [0.4, 0.5) is 0 Å². The average molecular weight is 342 g/mol. The number of likely N-dealkylation sites (tertiary alicyclic amines) is 2. The maximum Gasteiger partial charge on any atom is 0.253 e. The molecule has 0 radical (unpaired) electrons. The number of nitrogens with zero attached hydrogens (tertiary/aromatic N) is 2. The SMILES string of the molecule is Cc1cccc(C(=O)N2CC3(C[C@@H](COCC4CC4)CCN3C)C2)c1. The summed E-state index contributed by atoms with van der Waals surface area (Å²) < 4.78 is 5.95. The number of ether oxygens (including phenoxy) is 1. The van der Waals surface area contributed by atoms with Crippen molar-refractivity contribution >= 4 is 5.91 Å². The van der Waals surface area contributed by atoms with E-state index in [1.165, 1.54) is 19.3 Å². The number of carbonyl (C=O) groups is 1. The Labute approximate surface area is 151 Å². The number of likely N-dealkylation sites (N-methyl/N-ethyl adjacent to an activating group) is 1. The molecule has 4 rings (SSSR count). The molecule has 1 aromatic carbocycles. The third-order valence-electron chi connectivity index (χ3n) is 6.28. The Bertz CT molecular complexity index is 635. The van der Waals surface area contributed by atoms with Crippen LogP contribution < -0.4 is 0 Å². The summed E-state index contributed by atoms with van der Waals surface area (Å²) in [5, 5.41) is 0. The Morgan fingerprint density at radius 3 is 2.68 bits per heavy atom. The summed E-state index contributed by atoms with van der Waals surface area (Å²) >= 11 is 0. The van der Waals surface area contributed by atoms with Gasteiger partial charge in [-0.3, -0.25) is 9.69 Å². The van der Waals surface area contributed by atoms with Crippen LogP contribution in [0.1, 0.15) is 41.6 Å². The first kappa shape index (κ1) is 17.0. The minimum Gasteiger partial charge on any atom is -0.381 e. The second kappa shape index (κ2) is 6.73. The van der Waals surface area contributed by atoms with Gasteiger partial charge in [0.15, 0.2) is 0 Å². The molecule has 0 bridgehead atoms. The molecular weight excluding hydrogens is 312 g/mol. The van der Waals surface area contributed by atoms with Crippen molar-refractivity contribution in [2.75, 3.05) is 39.9 Å². The zero-order chi connectivity index (χ0) is 17.4. The van der Waals surface area contributed by atoms with Gasteiger partial charge >= 0.3 is 0 Å². The van der Waals surface area contributed by atoms with Gasteiger partial charge in [-0.15, -0.1) is 0 Å². The number of amides is 1. The number of aryl methyl sites for hydroxylation is 1. The minimum atomic E-state index is 0.172. The summed E-state index contributed by atoms with van der Waals surface area (Å²) in [6.07, 6.45) is 5.08. The summed E-state index contributed by atoms with van der Waals surface area (Å²) in [4.78, 5) is 17.2. The van der Waals surface area contributed by atoms with Crippen molar-refractivity contribution < 1.29 is 9.53 Å². The summed E-state index contributed by atoms with van der Waals surface area (Å²) in [5.41, 5.74) is 2.13. The van der Waals surface area contributed by atoms with Crippen molar-refractivity contribution in [3.05, 3.63) is 35.4 Å². The second-order valence-corrected chi connectivity index (χ2v) is 8.52. The zero-order valence-corrected chi connectivity index (χ0v) is 15.5. The summed E-state index contributed by atoms with van der Waals surface area (Å²) in [5.74, 6) is 1.66. The predicted octanol–water partition coefficient (Wildman–Crippen LogP) is 2.96. The number of hydrogen-bond acceptors (Lipinski definition) is 3. The van der Waals surface area contributed by atoms with Crippen molar-refractivity contribution in [1.82, 2.24) is 9.80 Å². The van der Waals surface area contributed by atoms with Crippen LogP contribution >= 0.6 is 0 Å². The van der Waals surface area contributed by atoms with Gasteiger partial charge in [-0.1, -0.05) is 17.7 Å². The average Bonchev–Trinajstić information content (AvgIpc) is 3.38. The van der Waals surface area contributed by atoms with E-state index in [1.54, 1.807) is 0 Å². The highest BCUT2D eigenvalue weighted by Gasteiger charge is 2.51. The lowest BCUT2D eigenvalue weighted by Crippen LogP contribution is -2.72. The first-order valence-electron chi connectivity index (χ1n) is 9.71. The smallest absolute Gasteiger partial charge is 0.253 e. The van der Waals surface area contributed by atoms with Crippen LogP contribution in [0.25, 0.3) is 0 Å². The van der Waals surface area contributed by atoms with E-state index in [-0.39, 0.29) is 11.4 Å². The highest BCUT2D eigenvalue weighted by atomic mass is 16.5. The van der Waals surface area contributed by atoms with Gasteiger partial charge in [0.05, 0.1) is 5.54 Å². The fourth-order valence-corrected chi connectivity index (χ4v) is 4.38. The molecule has 1 atom stereocenters. The fraction of sp³-hybridized carbons (Fsp3) is 0.667. The van der Waals surface area contributed by atoms with Crippen molar-refractivity contribution in [1.29, 1.82) is 0 Å². The Morgan fingerprint density at radius 2 is 1.96 bits per heavy atom. The van der Waals surface area contributed by atoms with Gasteiger partial charge in [-0.25, -0.2) is 0 Å². The molecule has 0 N–H and O–H groups in total. The molecule has 136 valence electrons. The number of carbonyl (C=O) groups excluding carboxylic acids is 1. The zero-order valence-electron chi connectivity index (χ0n) is 15.5. The van der Waals surface area contributed by atoms with Gasteiger partial charge < -0.3 is 9.64 Å². The fourth-order valence-electron chi connectivity index (χ4n) is 4.38. The van der Waals surface area contributed by atoms with E-state index in [0.29, 0.717) is 5.92 Å². The standard InChI is InChI=1S/C21H30N2O2/c1-16-4-3-5-19(10-16)20(24)23-14-21(15-23)11-18(8-9-22(21)2)13-25-12-17-6-7-17/h3-5,10,17-18H,6-9,11-15H2,1-2H3/t18-/m0/s1. The van der Waals surface area contributed by atoms with E-state index in [1.807, 2.05) is 36.1 Å². The summed E-state index contributed by atoms with van der Waals surface area (Å²) in [7, 11) is 2.22. The van der Waals surface area contributed by atoms with Crippen LogP contribution in [0.5, 0.6) is 0 Å². The van der Waals surface area contributed by atoms with Crippen LogP contribution in [-0.4, -0.2) is 61.1 Å². The minimum absolute atomic E-state index is 0.172. The van der Waals surface area contributed by atoms with Gasteiger partial charge in [0.25, 0.3) is 5.91 Å². The van der Waals surface area contributed by atoms with Gasteiger partial charge in [-0.2, -0.15) is 0 Å². The van der Waals surface area contributed by atoms with E-state index >= 15 is 0 Å². The normalized spacial score (nSPS) is 25.8. The molecule has 25 heavy (non-hydrogen) atoms. The van der Waals surface area contributed by atoms with Crippen LogP contribution in [0.15, 0.2) is 24.3 Å². The topological polar surface area (TPSA) is 32.8 Å². The summed E-state index contributed by atoms with van der Waals surface area (Å²) in [6, 6.07) is 7.93. The molecule has 0 aromatic heterocycles. The first-order valence-corrected chi connectivity index (χ1v) is 9.71. The second-order valence-electron chi connectivity index (χ2n) is 8.52. The van der Waals surface area contributed by atoms with Crippen molar-refractivity contribution in [3.63, 3.8) is 0 Å². The number of hydrogen-bond donors (Lipinski definition) is 0. The lowest BCUT2D eigenvalue weighted by atomic mass is 9.75. The molecule has 4 nitrogen and oxygen atoms in total. The van der Waals surface area contributed by atoms with E-state index < -0.39 is 0 Å². The van der Waals surface area contributed by atoms with Gasteiger partial charge in [0.2, 0.25) is 0 Å². The predicted molar refractivity (Wildman–Crippen MR) is 98.7 cm³/mol. The Kier molecular flexibility index (Phi) is 4.59. The number of rotatable bonds is 5. The lowest BCUT2D eigenvalue weighted by molar-refractivity contribution is -0.0761.